The van der Waals surface area contributed by atoms with Crippen molar-refractivity contribution in [3.8, 4) is 0 Å². The van der Waals surface area contributed by atoms with Crippen LogP contribution < -0.4 is 5.32 Å². The highest BCUT2D eigenvalue weighted by atomic mass is 35.5. The molecule has 0 amide bonds. The molecule has 0 unspecified atom stereocenters. The number of anilines is 1. The van der Waals surface area contributed by atoms with E-state index in [1.54, 1.807) is 23.1 Å². The Labute approximate surface area is 158 Å². The van der Waals surface area contributed by atoms with Crippen LogP contribution in [-0.4, -0.2) is 16.1 Å². The first-order valence-electron chi connectivity index (χ1n) is 7.93. The van der Waals surface area contributed by atoms with Gasteiger partial charge in [0.15, 0.2) is 5.11 Å². The molecular weight excluding hydrogens is 388 g/mol. The molecule has 0 aromatic heterocycles. The van der Waals surface area contributed by atoms with Crippen molar-refractivity contribution in [3.05, 3.63) is 64.4 Å². The Morgan fingerprint density at radius 1 is 1.19 bits per heavy atom. The molecule has 0 aliphatic heterocycles. The average molecular weight is 403 g/mol. The highest BCUT2D eigenvalue weighted by molar-refractivity contribution is 7.80. The number of hydrogen-bond donors (Lipinski definition) is 1. The average Bonchev–Trinajstić information content (AvgIpc) is 3.37. The number of nitrogens with one attached hydrogen (secondary N) is 1. The Kier molecular flexibility index (Phi) is 5.39. The van der Waals surface area contributed by atoms with E-state index in [1.807, 2.05) is 0 Å². The zero-order chi connectivity index (χ0) is 18.9. The lowest BCUT2D eigenvalue weighted by Gasteiger charge is -2.27. The largest absolute Gasteiger partial charge is 0.418 e. The molecule has 0 spiro atoms. The summed E-state index contributed by atoms with van der Waals surface area (Å²) in [6.07, 6.45) is -2.83. The summed E-state index contributed by atoms with van der Waals surface area (Å²) in [7, 11) is 0. The van der Waals surface area contributed by atoms with Gasteiger partial charge in [-0.2, -0.15) is 13.2 Å². The Balaban J connectivity index is 1.84. The SMILES string of the molecule is Fc1ccccc1CN(C(=S)Nc1cc(Cl)ccc1C(F)(F)F)C1CC1. The molecule has 1 aliphatic carbocycles. The molecule has 1 fully saturated rings. The number of rotatable bonds is 4. The second-order valence-electron chi connectivity index (χ2n) is 6.07. The van der Waals surface area contributed by atoms with E-state index >= 15 is 0 Å². The molecule has 3 rings (SSSR count). The third-order valence-electron chi connectivity index (χ3n) is 4.08. The zero-order valence-corrected chi connectivity index (χ0v) is 15.1. The van der Waals surface area contributed by atoms with Gasteiger partial charge in [0.25, 0.3) is 0 Å². The quantitative estimate of drug-likeness (QED) is 0.509. The van der Waals surface area contributed by atoms with E-state index < -0.39 is 11.7 Å². The summed E-state index contributed by atoms with van der Waals surface area (Å²) in [6.45, 7) is 0.186. The standard InChI is InChI=1S/C18H15ClF4N2S/c19-12-5-8-14(18(21,22)23)16(9-12)24-17(26)25(13-6-7-13)10-11-3-1-2-4-15(11)20/h1-5,8-9,13H,6-7,10H2,(H,24,26). The van der Waals surface area contributed by atoms with E-state index in [0.717, 1.165) is 18.9 Å². The summed E-state index contributed by atoms with van der Waals surface area (Å²) in [6, 6.07) is 9.62. The second kappa shape index (κ2) is 7.40. The fraction of sp³-hybridized carbons (Fsp3) is 0.278. The third-order valence-corrected chi connectivity index (χ3v) is 4.65. The van der Waals surface area contributed by atoms with Crippen molar-refractivity contribution < 1.29 is 17.6 Å². The zero-order valence-electron chi connectivity index (χ0n) is 13.5. The molecule has 2 aromatic carbocycles. The molecule has 0 heterocycles. The first-order chi connectivity index (χ1) is 12.3. The van der Waals surface area contributed by atoms with Crippen LogP contribution in [0.4, 0.5) is 23.2 Å². The van der Waals surface area contributed by atoms with Crippen LogP contribution >= 0.6 is 23.8 Å². The van der Waals surface area contributed by atoms with Gasteiger partial charge in [-0.15, -0.1) is 0 Å². The lowest BCUT2D eigenvalue weighted by atomic mass is 10.1. The summed E-state index contributed by atoms with van der Waals surface area (Å²) in [5, 5.41) is 2.93. The van der Waals surface area contributed by atoms with E-state index in [9.17, 15) is 17.6 Å². The third kappa shape index (κ3) is 4.45. The van der Waals surface area contributed by atoms with Gasteiger partial charge >= 0.3 is 6.18 Å². The van der Waals surface area contributed by atoms with Gasteiger partial charge in [-0.1, -0.05) is 29.8 Å². The number of hydrogen-bond acceptors (Lipinski definition) is 1. The Morgan fingerprint density at radius 2 is 1.88 bits per heavy atom. The monoisotopic (exact) mass is 402 g/mol. The van der Waals surface area contributed by atoms with Crippen molar-refractivity contribution in [1.29, 1.82) is 0 Å². The first-order valence-corrected chi connectivity index (χ1v) is 8.72. The molecule has 1 N–H and O–H groups in total. The normalized spacial score (nSPS) is 14.2. The molecule has 26 heavy (non-hydrogen) atoms. The first kappa shape index (κ1) is 18.9. The minimum absolute atomic E-state index is 0.0862. The molecule has 0 atom stereocenters. The van der Waals surface area contributed by atoms with Crippen LogP contribution in [0.2, 0.25) is 5.02 Å². The van der Waals surface area contributed by atoms with Crippen LogP contribution in [0.3, 0.4) is 0 Å². The highest BCUT2D eigenvalue weighted by Gasteiger charge is 2.35. The lowest BCUT2D eigenvalue weighted by Crippen LogP contribution is -2.36. The number of halogens is 5. The number of alkyl halides is 3. The van der Waals surface area contributed by atoms with E-state index in [0.29, 0.717) is 5.56 Å². The predicted octanol–water partition coefficient (Wildman–Crippen LogP) is 5.86. The molecule has 1 aliphatic rings. The molecule has 138 valence electrons. The van der Waals surface area contributed by atoms with Crippen LogP contribution in [0.5, 0.6) is 0 Å². The van der Waals surface area contributed by atoms with Gasteiger partial charge < -0.3 is 10.2 Å². The molecular formula is C18H15ClF4N2S. The van der Waals surface area contributed by atoms with E-state index in [4.69, 9.17) is 23.8 Å². The summed E-state index contributed by atoms with van der Waals surface area (Å²) >= 11 is 11.2. The van der Waals surface area contributed by atoms with Crippen molar-refractivity contribution in [2.75, 3.05) is 5.32 Å². The minimum Gasteiger partial charge on any atom is -0.342 e. The maximum absolute atomic E-state index is 13.9. The highest BCUT2D eigenvalue weighted by Crippen LogP contribution is 2.37. The maximum atomic E-state index is 13.9. The van der Waals surface area contributed by atoms with Gasteiger partial charge in [-0.05, 0) is 49.3 Å². The van der Waals surface area contributed by atoms with Crippen LogP contribution in [0.25, 0.3) is 0 Å². The summed E-state index contributed by atoms with van der Waals surface area (Å²) in [5.74, 6) is -0.375. The van der Waals surface area contributed by atoms with Crippen LogP contribution in [0, 0.1) is 5.82 Å². The van der Waals surface area contributed by atoms with Crippen molar-refractivity contribution >= 4 is 34.6 Å². The van der Waals surface area contributed by atoms with Crippen molar-refractivity contribution in [3.63, 3.8) is 0 Å². The number of thiocarbonyl (C=S) groups is 1. The van der Waals surface area contributed by atoms with Crippen LogP contribution in [0.1, 0.15) is 24.0 Å². The minimum atomic E-state index is -4.54. The van der Waals surface area contributed by atoms with Gasteiger partial charge in [0.2, 0.25) is 0 Å². The summed E-state index contributed by atoms with van der Waals surface area (Å²) in [4.78, 5) is 1.72. The predicted molar refractivity (Wildman–Crippen MR) is 97.6 cm³/mol. The van der Waals surface area contributed by atoms with Crippen LogP contribution in [-0.2, 0) is 12.7 Å². The van der Waals surface area contributed by atoms with E-state index in [2.05, 4.69) is 5.32 Å². The maximum Gasteiger partial charge on any atom is 0.418 e. The Hall–Kier alpha value is -1.86. The fourth-order valence-corrected chi connectivity index (χ4v) is 3.11. The summed E-state index contributed by atoms with van der Waals surface area (Å²) < 4.78 is 53.6. The summed E-state index contributed by atoms with van der Waals surface area (Å²) in [5.41, 5.74) is -0.634. The van der Waals surface area contributed by atoms with Gasteiger partial charge in [-0.25, -0.2) is 4.39 Å². The molecule has 0 radical (unpaired) electrons. The van der Waals surface area contributed by atoms with Gasteiger partial charge in [-0.3, -0.25) is 0 Å². The topological polar surface area (TPSA) is 15.3 Å². The fourth-order valence-electron chi connectivity index (χ4n) is 2.62. The molecule has 0 bridgehead atoms. The van der Waals surface area contributed by atoms with Crippen molar-refractivity contribution in [2.45, 2.75) is 31.6 Å². The van der Waals surface area contributed by atoms with Gasteiger partial charge in [0.05, 0.1) is 11.3 Å². The van der Waals surface area contributed by atoms with Crippen molar-refractivity contribution in [2.24, 2.45) is 0 Å². The molecule has 2 nitrogen and oxygen atoms in total. The number of benzene rings is 2. The van der Waals surface area contributed by atoms with E-state index in [-0.39, 0.29) is 34.2 Å². The molecule has 2 aromatic rings. The van der Waals surface area contributed by atoms with Crippen molar-refractivity contribution in [1.82, 2.24) is 4.90 Å². The molecule has 8 heteroatoms. The van der Waals surface area contributed by atoms with Gasteiger partial charge in [0, 0.05) is 23.2 Å². The molecule has 1 saturated carbocycles. The smallest absolute Gasteiger partial charge is 0.342 e. The Bertz CT molecular complexity index is 821. The Morgan fingerprint density at radius 3 is 2.50 bits per heavy atom. The second-order valence-corrected chi connectivity index (χ2v) is 6.89. The number of nitrogens with zero attached hydrogens (tertiary/aromatic N) is 1. The lowest BCUT2D eigenvalue weighted by molar-refractivity contribution is -0.136. The molecule has 0 saturated heterocycles. The van der Waals surface area contributed by atoms with Gasteiger partial charge in [0.1, 0.15) is 5.82 Å². The van der Waals surface area contributed by atoms with E-state index in [1.165, 1.54) is 18.2 Å². The van der Waals surface area contributed by atoms with Crippen LogP contribution in [0.15, 0.2) is 42.5 Å².